The molecule has 122 valence electrons. The summed E-state index contributed by atoms with van der Waals surface area (Å²) in [4.78, 5) is 43.6. The summed E-state index contributed by atoms with van der Waals surface area (Å²) in [5.41, 5.74) is 1.50. The highest BCUT2D eigenvalue weighted by Gasteiger charge is 2.06. The molecule has 2 aromatic rings. The molecule has 8 heteroatoms. The molecule has 0 fully saturated rings. The normalized spacial score (nSPS) is 10.6. The maximum Gasteiger partial charge on any atom is 0.256 e. The largest absolute Gasteiger partial charge is 0.353 e. The van der Waals surface area contributed by atoms with Crippen LogP contribution in [0.3, 0.4) is 0 Å². The molecule has 0 bridgehead atoms. The first-order valence-corrected chi connectivity index (χ1v) is 7.21. The van der Waals surface area contributed by atoms with Crippen LogP contribution in [0.2, 0.25) is 0 Å². The maximum absolute atomic E-state index is 12.0. The molecule has 1 N–H and O–H groups in total. The summed E-state index contributed by atoms with van der Waals surface area (Å²) in [6, 6.07) is 1.37. The van der Waals surface area contributed by atoms with Crippen molar-refractivity contribution in [3.05, 3.63) is 56.4 Å². The average molecular weight is 317 g/mol. The molecule has 2 heterocycles. The molecule has 0 aromatic carbocycles. The van der Waals surface area contributed by atoms with Crippen LogP contribution in [0.15, 0.2) is 28.3 Å². The minimum atomic E-state index is -0.317. The zero-order valence-electron chi connectivity index (χ0n) is 13.4. The Morgan fingerprint density at radius 2 is 1.83 bits per heavy atom. The number of nitrogens with zero attached hydrogens (tertiary/aromatic N) is 4. The van der Waals surface area contributed by atoms with E-state index in [1.54, 1.807) is 20.8 Å². The third kappa shape index (κ3) is 4.12. The zero-order valence-corrected chi connectivity index (χ0v) is 13.4. The molecule has 0 radical (unpaired) electrons. The molecule has 23 heavy (non-hydrogen) atoms. The number of aryl methyl sites for hydroxylation is 2. The smallest absolute Gasteiger partial charge is 0.256 e. The number of carbonyl (C=O) groups is 1. The third-order valence-corrected chi connectivity index (χ3v) is 3.52. The third-order valence-electron chi connectivity index (χ3n) is 3.52. The molecule has 0 saturated carbocycles. The van der Waals surface area contributed by atoms with Gasteiger partial charge in [-0.05, 0) is 20.8 Å². The molecule has 0 aliphatic rings. The van der Waals surface area contributed by atoms with E-state index in [4.69, 9.17) is 0 Å². The Hall–Kier alpha value is -2.77. The SMILES string of the molecule is Cc1cc(=O)n(CC(=O)NCCn2cnc(C)c(C)c2=O)cn1. The van der Waals surface area contributed by atoms with Gasteiger partial charge in [-0.15, -0.1) is 0 Å². The van der Waals surface area contributed by atoms with Crippen LogP contribution >= 0.6 is 0 Å². The summed E-state index contributed by atoms with van der Waals surface area (Å²) in [6.07, 6.45) is 2.81. The molecule has 0 aliphatic carbocycles. The second-order valence-corrected chi connectivity index (χ2v) is 5.30. The van der Waals surface area contributed by atoms with Gasteiger partial charge in [-0.2, -0.15) is 0 Å². The molecular formula is C15H19N5O3. The summed E-state index contributed by atoms with van der Waals surface area (Å²) in [6.45, 7) is 5.69. The topological polar surface area (TPSA) is 98.9 Å². The van der Waals surface area contributed by atoms with Crippen LogP contribution in [0.1, 0.15) is 17.0 Å². The zero-order chi connectivity index (χ0) is 17.0. The van der Waals surface area contributed by atoms with Gasteiger partial charge in [0.05, 0.1) is 12.7 Å². The van der Waals surface area contributed by atoms with E-state index in [9.17, 15) is 14.4 Å². The van der Waals surface area contributed by atoms with Crippen molar-refractivity contribution in [2.75, 3.05) is 6.54 Å². The molecule has 0 aliphatic heterocycles. The van der Waals surface area contributed by atoms with Crippen LogP contribution in [0.4, 0.5) is 0 Å². The van der Waals surface area contributed by atoms with Crippen molar-refractivity contribution in [2.45, 2.75) is 33.9 Å². The Balaban J connectivity index is 1.91. The van der Waals surface area contributed by atoms with Gasteiger partial charge in [0.1, 0.15) is 6.54 Å². The van der Waals surface area contributed by atoms with Crippen molar-refractivity contribution < 1.29 is 4.79 Å². The van der Waals surface area contributed by atoms with Gasteiger partial charge in [0.2, 0.25) is 5.91 Å². The highest BCUT2D eigenvalue weighted by molar-refractivity contribution is 5.75. The van der Waals surface area contributed by atoms with Crippen LogP contribution in [0.25, 0.3) is 0 Å². The average Bonchev–Trinajstić information content (AvgIpc) is 2.50. The van der Waals surface area contributed by atoms with E-state index < -0.39 is 0 Å². The summed E-state index contributed by atoms with van der Waals surface area (Å²) >= 11 is 0. The molecular weight excluding hydrogens is 298 g/mol. The van der Waals surface area contributed by atoms with Gasteiger partial charge in [0, 0.05) is 36.1 Å². The lowest BCUT2D eigenvalue weighted by Gasteiger charge is -2.09. The van der Waals surface area contributed by atoms with Crippen LogP contribution in [-0.4, -0.2) is 31.6 Å². The van der Waals surface area contributed by atoms with Crippen molar-refractivity contribution in [1.82, 2.24) is 24.4 Å². The number of aromatic nitrogens is 4. The fourth-order valence-electron chi connectivity index (χ4n) is 2.00. The Labute approximate surface area is 132 Å². The van der Waals surface area contributed by atoms with Crippen LogP contribution in [0.5, 0.6) is 0 Å². The van der Waals surface area contributed by atoms with E-state index in [-0.39, 0.29) is 30.1 Å². The second-order valence-electron chi connectivity index (χ2n) is 5.30. The van der Waals surface area contributed by atoms with Crippen molar-refractivity contribution in [3.8, 4) is 0 Å². The fourth-order valence-corrected chi connectivity index (χ4v) is 2.00. The molecule has 0 atom stereocenters. The van der Waals surface area contributed by atoms with E-state index in [1.165, 1.54) is 27.9 Å². The summed E-state index contributed by atoms with van der Waals surface area (Å²) in [5.74, 6) is -0.317. The number of nitrogens with one attached hydrogen (secondary N) is 1. The standard InChI is InChI=1S/C15H19N5O3/c1-10-6-14(22)20(8-17-10)7-13(21)16-4-5-19-9-18-12(3)11(2)15(19)23/h6,8-9H,4-5,7H2,1-3H3,(H,16,21). The van der Waals surface area contributed by atoms with Crippen LogP contribution in [0, 0.1) is 20.8 Å². The first-order chi connectivity index (χ1) is 10.9. The Morgan fingerprint density at radius 3 is 2.52 bits per heavy atom. The molecule has 0 spiro atoms. The predicted molar refractivity (Wildman–Crippen MR) is 84.2 cm³/mol. The lowest BCUT2D eigenvalue weighted by molar-refractivity contribution is -0.121. The summed E-state index contributed by atoms with van der Waals surface area (Å²) in [7, 11) is 0. The van der Waals surface area contributed by atoms with Gasteiger partial charge in [-0.3, -0.25) is 23.5 Å². The van der Waals surface area contributed by atoms with Crippen molar-refractivity contribution in [3.63, 3.8) is 0 Å². The number of carbonyl (C=O) groups excluding carboxylic acids is 1. The van der Waals surface area contributed by atoms with Crippen molar-refractivity contribution in [1.29, 1.82) is 0 Å². The van der Waals surface area contributed by atoms with E-state index in [0.717, 1.165) is 0 Å². The lowest BCUT2D eigenvalue weighted by Crippen LogP contribution is -2.35. The van der Waals surface area contributed by atoms with Gasteiger partial charge in [0.25, 0.3) is 11.1 Å². The number of amides is 1. The van der Waals surface area contributed by atoms with E-state index in [1.807, 2.05) is 0 Å². The van der Waals surface area contributed by atoms with E-state index >= 15 is 0 Å². The molecule has 8 nitrogen and oxygen atoms in total. The second kappa shape index (κ2) is 6.99. The van der Waals surface area contributed by atoms with Crippen LogP contribution in [-0.2, 0) is 17.9 Å². The quantitative estimate of drug-likeness (QED) is 0.804. The van der Waals surface area contributed by atoms with Crippen LogP contribution < -0.4 is 16.4 Å². The number of hydrogen-bond donors (Lipinski definition) is 1. The van der Waals surface area contributed by atoms with Crippen molar-refractivity contribution in [2.24, 2.45) is 0 Å². The first kappa shape index (κ1) is 16.6. The Kier molecular flexibility index (Phi) is 5.05. The maximum atomic E-state index is 12.0. The first-order valence-electron chi connectivity index (χ1n) is 7.21. The molecule has 1 amide bonds. The highest BCUT2D eigenvalue weighted by Crippen LogP contribution is 1.94. The highest BCUT2D eigenvalue weighted by atomic mass is 16.2. The fraction of sp³-hybridized carbons (Fsp3) is 0.400. The van der Waals surface area contributed by atoms with E-state index in [2.05, 4.69) is 15.3 Å². The van der Waals surface area contributed by atoms with Crippen molar-refractivity contribution >= 4 is 5.91 Å². The van der Waals surface area contributed by atoms with E-state index in [0.29, 0.717) is 23.5 Å². The summed E-state index contributed by atoms with van der Waals surface area (Å²) in [5, 5.41) is 2.67. The number of hydrogen-bond acceptors (Lipinski definition) is 5. The van der Waals surface area contributed by atoms with Gasteiger partial charge >= 0.3 is 0 Å². The Morgan fingerprint density at radius 1 is 1.13 bits per heavy atom. The van der Waals surface area contributed by atoms with Gasteiger partial charge in [0.15, 0.2) is 0 Å². The monoisotopic (exact) mass is 317 g/mol. The summed E-state index contributed by atoms with van der Waals surface area (Å²) < 4.78 is 2.67. The minimum Gasteiger partial charge on any atom is -0.353 e. The number of rotatable bonds is 5. The molecule has 0 unspecified atom stereocenters. The Bertz CT molecular complexity index is 838. The van der Waals surface area contributed by atoms with Gasteiger partial charge in [-0.1, -0.05) is 0 Å². The molecule has 2 rings (SSSR count). The lowest BCUT2D eigenvalue weighted by atomic mass is 10.3. The predicted octanol–water partition coefficient (Wildman–Crippen LogP) is -0.458. The van der Waals surface area contributed by atoms with Gasteiger partial charge in [-0.25, -0.2) is 9.97 Å². The van der Waals surface area contributed by atoms with Gasteiger partial charge < -0.3 is 5.32 Å². The molecule has 2 aromatic heterocycles. The minimum absolute atomic E-state index is 0.105. The molecule has 0 saturated heterocycles.